The van der Waals surface area contributed by atoms with Gasteiger partial charge in [0.05, 0.1) is 5.92 Å². The van der Waals surface area contributed by atoms with Crippen molar-refractivity contribution in [1.82, 2.24) is 19.6 Å². The maximum Gasteiger partial charge on any atom is 0.227 e. The Labute approximate surface area is 136 Å². The van der Waals surface area contributed by atoms with E-state index in [-0.39, 0.29) is 17.7 Å². The molecule has 3 heterocycles. The van der Waals surface area contributed by atoms with Gasteiger partial charge in [-0.1, -0.05) is 0 Å². The summed E-state index contributed by atoms with van der Waals surface area (Å²) in [6.07, 6.45) is 8.51. The van der Waals surface area contributed by atoms with E-state index < -0.39 is 0 Å². The fourth-order valence-corrected chi connectivity index (χ4v) is 3.90. The van der Waals surface area contributed by atoms with Crippen molar-refractivity contribution in [2.75, 3.05) is 19.6 Å². The minimum atomic E-state index is -0.106. The number of carbonyl (C=O) groups excluding carboxylic acids is 2. The van der Waals surface area contributed by atoms with Crippen molar-refractivity contribution in [2.45, 2.75) is 44.7 Å². The average molecular weight is 316 g/mol. The molecule has 2 amide bonds. The zero-order chi connectivity index (χ0) is 15.8. The number of carbonyl (C=O) groups is 2. The van der Waals surface area contributed by atoms with Crippen molar-refractivity contribution in [3.8, 4) is 0 Å². The van der Waals surface area contributed by atoms with E-state index in [0.717, 1.165) is 45.3 Å². The van der Waals surface area contributed by atoms with Crippen LogP contribution in [0.15, 0.2) is 18.5 Å². The molecular weight excluding hydrogens is 292 g/mol. The van der Waals surface area contributed by atoms with Gasteiger partial charge in [-0.05, 0) is 37.7 Å². The smallest absolute Gasteiger partial charge is 0.227 e. The third-order valence-electron chi connectivity index (χ3n) is 5.43. The first-order valence-corrected chi connectivity index (χ1v) is 8.76. The summed E-state index contributed by atoms with van der Waals surface area (Å²) in [5.41, 5.74) is 0. The van der Waals surface area contributed by atoms with Crippen molar-refractivity contribution in [2.24, 2.45) is 11.8 Å². The normalized spacial score (nSPS) is 26.1. The van der Waals surface area contributed by atoms with Gasteiger partial charge in [-0.25, -0.2) is 0 Å². The number of likely N-dealkylation sites (tertiary alicyclic amines) is 2. The number of rotatable bonds is 4. The molecule has 1 aromatic heterocycles. The van der Waals surface area contributed by atoms with Crippen molar-refractivity contribution in [3.63, 3.8) is 0 Å². The van der Waals surface area contributed by atoms with E-state index in [1.807, 2.05) is 26.7 Å². The van der Waals surface area contributed by atoms with Gasteiger partial charge in [-0.15, -0.1) is 0 Å². The quantitative estimate of drug-likeness (QED) is 0.837. The highest BCUT2D eigenvalue weighted by atomic mass is 16.2. The summed E-state index contributed by atoms with van der Waals surface area (Å²) >= 11 is 0. The second-order valence-electron chi connectivity index (χ2n) is 7.18. The summed E-state index contributed by atoms with van der Waals surface area (Å²) in [7, 11) is 0. The van der Waals surface area contributed by atoms with Crippen LogP contribution in [-0.4, -0.2) is 57.1 Å². The van der Waals surface area contributed by atoms with Crippen LogP contribution < -0.4 is 0 Å². The molecule has 1 atom stereocenters. The number of aromatic nitrogens is 2. The van der Waals surface area contributed by atoms with E-state index in [2.05, 4.69) is 5.10 Å². The van der Waals surface area contributed by atoms with Gasteiger partial charge < -0.3 is 9.80 Å². The van der Waals surface area contributed by atoms with Gasteiger partial charge in [-0.2, -0.15) is 5.10 Å². The number of nitrogens with zero attached hydrogens (tertiary/aromatic N) is 4. The van der Waals surface area contributed by atoms with E-state index in [1.165, 1.54) is 0 Å². The minimum Gasteiger partial charge on any atom is -0.342 e. The van der Waals surface area contributed by atoms with E-state index >= 15 is 0 Å². The third-order valence-corrected chi connectivity index (χ3v) is 5.43. The fourth-order valence-electron chi connectivity index (χ4n) is 3.90. The average Bonchev–Trinajstić information content (AvgIpc) is 3.13. The van der Waals surface area contributed by atoms with Crippen molar-refractivity contribution < 1.29 is 9.59 Å². The van der Waals surface area contributed by atoms with E-state index in [9.17, 15) is 9.59 Å². The van der Waals surface area contributed by atoms with Crippen molar-refractivity contribution >= 4 is 11.8 Å². The van der Waals surface area contributed by atoms with Crippen LogP contribution in [0.3, 0.4) is 0 Å². The number of hydrogen-bond acceptors (Lipinski definition) is 3. The Bertz CT molecular complexity index is 573. The summed E-state index contributed by atoms with van der Waals surface area (Å²) in [6.45, 7) is 3.22. The molecule has 6 nitrogen and oxygen atoms in total. The van der Waals surface area contributed by atoms with Crippen LogP contribution in [0, 0.1) is 11.8 Å². The van der Waals surface area contributed by atoms with Crippen LogP contribution >= 0.6 is 0 Å². The Morgan fingerprint density at radius 3 is 2.65 bits per heavy atom. The van der Waals surface area contributed by atoms with Crippen molar-refractivity contribution in [3.05, 3.63) is 18.5 Å². The highest BCUT2D eigenvalue weighted by Crippen LogP contribution is 2.33. The zero-order valence-electron chi connectivity index (χ0n) is 13.4. The Morgan fingerprint density at radius 2 is 2.00 bits per heavy atom. The molecule has 4 rings (SSSR count). The summed E-state index contributed by atoms with van der Waals surface area (Å²) < 4.78 is 1.98. The van der Waals surface area contributed by atoms with Crippen LogP contribution in [0.2, 0.25) is 0 Å². The second kappa shape index (κ2) is 5.98. The summed E-state index contributed by atoms with van der Waals surface area (Å²) in [4.78, 5) is 28.6. The molecule has 0 bridgehead atoms. The highest BCUT2D eigenvalue weighted by Gasteiger charge is 2.43. The Kier molecular flexibility index (Phi) is 3.83. The monoisotopic (exact) mass is 316 g/mol. The topological polar surface area (TPSA) is 58.4 Å². The van der Waals surface area contributed by atoms with Crippen LogP contribution in [-0.2, 0) is 16.1 Å². The lowest BCUT2D eigenvalue weighted by molar-refractivity contribution is -0.137. The standard InChI is InChI=1S/C17H24N4O2/c22-16-10-14(12-21(16)15-2-3-15)17(23)19-8-4-13(5-9-19)11-20-7-1-6-18-20/h1,6-7,13-15H,2-5,8-12H2/t14-/m1/s1. The highest BCUT2D eigenvalue weighted by molar-refractivity contribution is 5.89. The van der Waals surface area contributed by atoms with Gasteiger partial charge in [0, 0.05) is 51.0 Å². The third kappa shape index (κ3) is 3.12. The first-order chi connectivity index (χ1) is 11.2. The number of hydrogen-bond donors (Lipinski definition) is 0. The van der Waals surface area contributed by atoms with Gasteiger partial charge >= 0.3 is 0 Å². The maximum absolute atomic E-state index is 12.7. The molecule has 0 aromatic carbocycles. The Balaban J connectivity index is 1.28. The van der Waals surface area contributed by atoms with Crippen molar-refractivity contribution in [1.29, 1.82) is 0 Å². The summed E-state index contributed by atoms with van der Waals surface area (Å²) in [5, 5.41) is 4.26. The van der Waals surface area contributed by atoms with Gasteiger partial charge in [0.15, 0.2) is 0 Å². The first-order valence-electron chi connectivity index (χ1n) is 8.76. The number of piperidine rings is 1. The van der Waals surface area contributed by atoms with E-state index in [1.54, 1.807) is 6.20 Å². The molecule has 1 aromatic rings. The van der Waals surface area contributed by atoms with Gasteiger partial charge in [0.25, 0.3) is 0 Å². The molecule has 2 saturated heterocycles. The van der Waals surface area contributed by atoms with Gasteiger partial charge in [0.2, 0.25) is 11.8 Å². The molecule has 124 valence electrons. The zero-order valence-corrected chi connectivity index (χ0v) is 13.4. The molecule has 0 N–H and O–H groups in total. The summed E-state index contributed by atoms with van der Waals surface area (Å²) in [6, 6.07) is 2.38. The maximum atomic E-state index is 12.7. The van der Waals surface area contributed by atoms with Crippen LogP contribution in [0.1, 0.15) is 32.1 Å². The van der Waals surface area contributed by atoms with Crippen LogP contribution in [0.4, 0.5) is 0 Å². The molecule has 0 radical (unpaired) electrons. The van der Waals surface area contributed by atoms with Gasteiger partial charge in [-0.3, -0.25) is 14.3 Å². The molecule has 6 heteroatoms. The lowest BCUT2D eigenvalue weighted by atomic mass is 9.95. The Hall–Kier alpha value is -1.85. The molecular formula is C17H24N4O2. The molecule has 1 aliphatic carbocycles. The first kappa shape index (κ1) is 14.7. The largest absolute Gasteiger partial charge is 0.342 e. The van der Waals surface area contributed by atoms with E-state index in [0.29, 0.717) is 24.9 Å². The lowest BCUT2D eigenvalue weighted by Gasteiger charge is -2.33. The molecule has 0 unspecified atom stereocenters. The molecule has 0 spiro atoms. The predicted octanol–water partition coefficient (Wildman–Crippen LogP) is 1.13. The molecule has 2 aliphatic heterocycles. The molecule has 3 fully saturated rings. The van der Waals surface area contributed by atoms with E-state index in [4.69, 9.17) is 0 Å². The lowest BCUT2D eigenvalue weighted by Crippen LogP contribution is -2.43. The Morgan fingerprint density at radius 1 is 1.22 bits per heavy atom. The molecule has 23 heavy (non-hydrogen) atoms. The van der Waals surface area contributed by atoms with Crippen LogP contribution in [0.25, 0.3) is 0 Å². The molecule has 3 aliphatic rings. The second-order valence-corrected chi connectivity index (χ2v) is 7.18. The number of amides is 2. The predicted molar refractivity (Wildman–Crippen MR) is 84.4 cm³/mol. The summed E-state index contributed by atoms with van der Waals surface area (Å²) in [5.74, 6) is 0.858. The SMILES string of the molecule is O=C([C@@H]1CC(=O)N(C2CC2)C1)N1CCC(Cn2cccn2)CC1. The van der Waals surface area contributed by atoms with Crippen LogP contribution in [0.5, 0.6) is 0 Å². The molecule has 1 saturated carbocycles. The fraction of sp³-hybridized carbons (Fsp3) is 0.706. The van der Waals surface area contributed by atoms with Gasteiger partial charge in [0.1, 0.15) is 0 Å². The minimum absolute atomic E-state index is 0.106.